The van der Waals surface area contributed by atoms with Crippen molar-refractivity contribution in [1.82, 2.24) is 0 Å². The van der Waals surface area contributed by atoms with Crippen LogP contribution < -0.4 is 0 Å². The van der Waals surface area contributed by atoms with Crippen LogP contribution in [0.2, 0.25) is 0 Å². The van der Waals surface area contributed by atoms with Crippen LogP contribution in [-0.4, -0.2) is 20.9 Å². The number of hydrogen-bond donors (Lipinski definition) is 1. The second-order valence-electron chi connectivity index (χ2n) is 3.31. The van der Waals surface area contributed by atoms with Crippen molar-refractivity contribution in [3.05, 3.63) is 44.2 Å². The zero-order valence-corrected chi connectivity index (χ0v) is 8.52. The van der Waals surface area contributed by atoms with Gasteiger partial charge in [0.1, 0.15) is 5.58 Å². The number of rotatable bonds is 3. The lowest BCUT2D eigenvalue weighted by Crippen LogP contribution is -1.95. The number of hydrogen-bond acceptors (Lipinski definition) is 6. The zero-order chi connectivity index (χ0) is 13.4. The first-order valence-corrected chi connectivity index (χ1v) is 4.50. The molecule has 0 amide bonds. The Kier molecular flexibility index (Phi) is 2.43. The maximum Gasteiger partial charge on any atom is 0.371 e. The third-order valence-electron chi connectivity index (χ3n) is 2.22. The molecule has 0 bridgehead atoms. The highest BCUT2D eigenvalue weighted by Gasteiger charge is 2.26. The number of nitro benzene ring substituents is 2. The lowest BCUT2D eigenvalue weighted by molar-refractivity contribution is -0.422. The first-order chi connectivity index (χ1) is 8.40. The molecule has 1 heterocycles. The van der Waals surface area contributed by atoms with Gasteiger partial charge in [0.25, 0.3) is 0 Å². The fraction of sp³-hybridized carbons (Fsp3) is 0. The number of fused-ring (bicyclic) bond motifs is 1. The van der Waals surface area contributed by atoms with Gasteiger partial charge in [-0.15, -0.1) is 0 Å². The normalized spacial score (nSPS) is 10.4. The third-order valence-corrected chi connectivity index (χ3v) is 2.22. The molecule has 0 saturated heterocycles. The lowest BCUT2D eigenvalue weighted by atomic mass is 10.2. The van der Waals surface area contributed by atoms with Gasteiger partial charge in [-0.2, -0.15) is 0 Å². The molecule has 0 aliphatic rings. The van der Waals surface area contributed by atoms with E-state index in [1.54, 1.807) is 0 Å². The number of carboxylic acids is 1. The average molecular weight is 252 g/mol. The van der Waals surface area contributed by atoms with Crippen LogP contribution in [0.4, 0.5) is 11.4 Å². The molecule has 0 saturated carbocycles. The standard InChI is InChI=1S/C9H4N2O7/c12-9(13)8-2-4-1-5(10(14)15)6(11(16)17)3-7(4)18-8/h1-3H,(H,12,13). The van der Waals surface area contributed by atoms with Crippen LogP contribution in [0.15, 0.2) is 22.6 Å². The van der Waals surface area contributed by atoms with Crippen molar-refractivity contribution in [2.45, 2.75) is 0 Å². The van der Waals surface area contributed by atoms with E-state index < -0.39 is 33.0 Å². The predicted molar refractivity (Wildman–Crippen MR) is 56.5 cm³/mol. The largest absolute Gasteiger partial charge is 0.475 e. The van der Waals surface area contributed by atoms with Gasteiger partial charge in [-0.05, 0) is 6.07 Å². The molecule has 1 N–H and O–H groups in total. The summed E-state index contributed by atoms with van der Waals surface area (Å²) in [5, 5.41) is 30.1. The smallest absolute Gasteiger partial charge is 0.371 e. The van der Waals surface area contributed by atoms with E-state index in [9.17, 15) is 25.0 Å². The Balaban J connectivity index is 2.76. The summed E-state index contributed by atoms with van der Waals surface area (Å²) in [5.74, 6) is -1.81. The molecular formula is C9H4N2O7. The first-order valence-electron chi connectivity index (χ1n) is 4.50. The minimum atomic E-state index is -1.36. The summed E-state index contributed by atoms with van der Waals surface area (Å²) in [6.07, 6.45) is 0. The van der Waals surface area contributed by atoms with Crippen LogP contribution in [0.1, 0.15) is 10.6 Å². The maximum absolute atomic E-state index is 10.7. The van der Waals surface area contributed by atoms with E-state index in [2.05, 4.69) is 0 Å². The molecule has 0 unspecified atom stereocenters. The van der Waals surface area contributed by atoms with E-state index in [-0.39, 0.29) is 11.0 Å². The molecule has 9 nitrogen and oxygen atoms in total. The second kappa shape index (κ2) is 3.80. The van der Waals surface area contributed by atoms with Crippen LogP contribution in [0.5, 0.6) is 0 Å². The van der Waals surface area contributed by atoms with Crippen LogP contribution in [0.3, 0.4) is 0 Å². The summed E-state index contributed by atoms with van der Waals surface area (Å²) in [5.41, 5.74) is -1.56. The van der Waals surface area contributed by atoms with Gasteiger partial charge in [-0.1, -0.05) is 0 Å². The molecule has 92 valence electrons. The molecule has 0 fully saturated rings. The van der Waals surface area contributed by atoms with E-state index in [4.69, 9.17) is 9.52 Å². The van der Waals surface area contributed by atoms with Crippen molar-refractivity contribution in [2.75, 3.05) is 0 Å². The monoisotopic (exact) mass is 252 g/mol. The van der Waals surface area contributed by atoms with E-state index >= 15 is 0 Å². The highest BCUT2D eigenvalue weighted by molar-refractivity contribution is 5.93. The minimum Gasteiger partial charge on any atom is -0.475 e. The van der Waals surface area contributed by atoms with Crippen molar-refractivity contribution in [1.29, 1.82) is 0 Å². The molecule has 0 atom stereocenters. The summed E-state index contributed by atoms with van der Waals surface area (Å²) in [6.45, 7) is 0. The van der Waals surface area contributed by atoms with E-state index in [0.717, 1.165) is 18.2 Å². The van der Waals surface area contributed by atoms with Crippen LogP contribution >= 0.6 is 0 Å². The highest BCUT2D eigenvalue weighted by atomic mass is 16.6. The molecule has 9 heteroatoms. The minimum absolute atomic E-state index is 0.0929. The Morgan fingerprint density at radius 3 is 2.17 bits per heavy atom. The molecule has 0 spiro atoms. The number of benzene rings is 1. The van der Waals surface area contributed by atoms with E-state index in [1.807, 2.05) is 0 Å². The Morgan fingerprint density at radius 1 is 1.11 bits per heavy atom. The Morgan fingerprint density at radius 2 is 1.67 bits per heavy atom. The Hall–Kier alpha value is -2.97. The first kappa shape index (κ1) is 11.5. The summed E-state index contributed by atoms with van der Waals surface area (Å²) in [6, 6.07) is 2.80. The van der Waals surface area contributed by atoms with Crippen molar-refractivity contribution in [3.8, 4) is 0 Å². The molecule has 1 aromatic heterocycles. The van der Waals surface area contributed by atoms with Gasteiger partial charge in [0.15, 0.2) is 0 Å². The van der Waals surface area contributed by atoms with Gasteiger partial charge >= 0.3 is 17.3 Å². The fourth-order valence-corrected chi connectivity index (χ4v) is 1.46. The summed E-state index contributed by atoms with van der Waals surface area (Å²) in [7, 11) is 0. The predicted octanol–water partition coefficient (Wildman–Crippen LogP) is 1.95. The molecule has 1 aromatic carbocycles. The SMILES string of the molecule is O=C(O)c1cc2cc([N+](=O)[O-])c([N+](=O)[O-])cc2o1. The second-order valence-corrected chi connectivity index (χ2v) is 3.31. The van der Waals surface area contributed by atoms with Gasteiger partial charge in [-0.25, -0.2) is 4.79 Å². The Bertz CT molecular complexity index is 637. The van der Waals surface area contributed by atoms with Crippen LogP contribution in [-0.2, 0) is 0 Å². The van der Waals surface area contributed by atoms with Gasteiger partial charge in [0.05, 0.1) is 15.9 Å². The van der Waals surface area contributed by atoms with Gasteiger partial charge in [0, 0.05) is 11.5 Å². The molecule has 0 aliphatic heterocycles. The number of aromatic carboxylic acids is 1. The van der Waals surface area contributed by atoms with Gasteiger partial charge in [0.2, 0.25) is 5.76 Å². The molecule has 18 heavy (non-hydrogen) atoms. The number of carboxylic acid groups (broad SMARTS) is 1. The van der Waals surface area contributed by atoms with E-state index in [0.29, 0.717) is 0 Å². The topological polar surface area (TPSA) is 137 Å². The van der Waals surface area contributed by atoms with Crippen molar-refractivity contribution >= 4 is 28.3 Å². The molecule has 0 radical (unpaired) electrons. The molecular weight excluding hydrogens is 248 g/mol. The number of furan rings is 1. The zero-order valence-electron chi connectivity index (χ0n) is 8.52. The van der Waals surface area contributed by atoms with Gasteiger partial charge in [-0.3, -0.25) is 20.2 Å². The third kappa shape index (κ3) is 1.73. The van der Waals surface area contributed by atoms with Crippen molar-refractivity contribution in [3.63, 3.8) is 0 Å². The van der Waals surface area contributed by atoms with E-state index in [1.165, 1.54) is 0 Å². The average Bonchev–Trinajstić information content (AvgIpc) is 2.69. The van der Waals surface area contributed by atoms with Gasteiger partial charge < -0.3 is 9.52 Å². The maximum atomic E-state index is 10.7. The Labute approximate surface area is 97.5 Å². The van der Waals surface area contributed by atoms with Crippen LogP contribution in [0, 0.1) is 20.2 Å². The molecule has 0 aliphatic carbocycles. The summed E-state index contributed by atoms with van der Waals surface area (Å²) >= 11 is 0. The van der Waals surface area contributed by atoms with Crippen molar-refractivity contribution in [2.24, 2.45) is 0 Å². The van der Waals surface area contributed by atoms with Crippen molar-refractivity contribution < 1.29 is 24.2 Å². The highest BCUT2D eigenvalue weighted by Crippen LogP contribution is 2.33. The number of carbonyl (C=O) groups is 1. The summed E-state index contributed by atoms with van der Waals surface area (Å²) < 4.78 is 4.83. The number of nitrogens with zero attached hydrogens (tertiary/aromatic N) is 2. The number of nitro groups is 2. The lowest BCUT2D eigenvalue weighted by Gasteiger charge is -1.94. The molecule has 2 rings (SSSR count). The molecule has 2 aromatic rings. The van der Waals surface area contributed by atoms with Crippen LogP contribution in [0.25, 0.3) is 11.0 Å². The fourth-order valence-electron chi connectivity index (χ4n) is 1.46. The quantitative estimate of drug-likeness (QED) is 0.650. The summed E-state index contributed by atoms with van der Waals surface area (Å²) in [4.78, 5) is 30.1.